The number of piperazine rings is 1. The van der Waals surface area contributed by atoms with Crippen molar-refractivity contribution < 1.29 is 5.11 Å². The van der Waals surface area contributed by atoms with Crippen LogP contribution in [0.3, 0.4) is 0 Å². The molecule has 2 N–H and O–H groups in total. The second-order valence-corrected chi connectivity index (χ2v) is 7.24. The first-order chi connectivity index (χ1) is 10.2. The molecule has 6 heteroatoms. The summed E-state index contributed by atoms with van der Waals surface area (Å²) in [6.45, 7) is 3.81. The second-order valence-electron chi connectivity index (χ2n) is 5.00. The SMILES string of the molecule is Oc1c(Cl)ccc(Br)c1[C@@H](c1cccs1)N1CCNCC1. The van der Waals surface area contributed by atoms with Gasteiger partial charge in [-0.1, -0.05) is 33.6 Å². The molecule has 1 atom stereocenters. The van der Waals surface area contributed by atoms with E-state index in [0.717, 1.165) is 36.2 Å². The van der Waals surface area contributed by atoms with Crippen LogP contribution in [0.1, 0.15) is 16.5 Å². The van der Waals surface area contributed by atoms with Crippen molar-refractivity contribution in [1.82, 2.24) is 10.2 Å². The summed E-state index contributed by atoms with van der Waals surface area (Å²) in [5, 5.41) is 16.3. The molecular formula is C15H16BrClN2OS. The topological polar surface area (TPSA) is 35.5 Å². The van der Waals surface area contributed by atoms with Gasteiger partial charge in [0.1, 0.15) is 5.75 Å². The van der Waals surface area contributed by atoms with Crippen molar-refractivity contribution in [3.63, 3.8) is 0 Å². The predicted molar refractivity (Wildman–Crippen MR) is 91.4 cm³/mol. The first kappa shape index (κ1) is 15.3. The molecule has 3 nitrogen and oxygen atoms in total. The number of aromatic hydroxyl groups is 1. The van der Waals surface area contributed by atoms with E-state index in [0.29, 0.717) is 5.02 Å². The minimum atomic E-state index is 0.0279. The van der Waals surface area contributed by atoms with Crippen LogP contribution in [0.25, 0.3) is 0 Å². The Hall–Kier alpha value is -0.590. The van der Waals surface area contributed by atoms with Crippen LogP contribution in [-0.4, -0.2) is 36.2 Å². The molecule has 3 rings (SSSR count). The normalized spacial score (nSPS) is 17.8. The van der Waals surface area contributed by atoms with Crippen molar-refractivity contribution >= 4 is 38.9 Å². The molecule has 1 aromatic carbocycles. The minimum Gasteiger partial charge on any atom is -0.506 e. The molecule has 0 amide bonds. The quantitative estimate of drug-likeness (QED) is 0.839. The zero-order valence-corrected chi connectivity index (χ0v) is 14.5. The highest BCUT2D eigenvalue weighted by Crippen LogP contribution is 2.43. The number of hydrogen-bond donors (Lipinski definition) is 2. The summed E-state index contributed by atoms with van der Waals surface area (Å²) in [4.78, 5) is 3.61. The van der Waals surface area contributed by atoms with Gasteiger partial charge in [-0.05, 0) is 23.6 Å². The van der Waals surface area contributed by atoms with Gasteiger partial charge in [-0.2, -0.15) is 0 Å². The van der Waals surface area contributed by atoms with E-state index in [9.17, 15) is 5.11 Å². The van der Waals surface area contributed by atoms with Crippen LogP contribution < -0.4 is 5.32 Å². The number of thiophene rings is 1. The average molecular weight is 388 g/mol. The first-order valence-electron chi connectivity index (χ1n) is 6.83. The number of nitrogens with one attached hydrogen (secondary N) is 1. The Bertz CT molecular complexity index is 614. The number of benzene rings is 1. The van der Waals surface area contributed by atoms with Gasteiger partial charge in [0, 0.05) is 41.1 Å². The van der Waals surface area contributed by atoms with E-state index in [2.05, 4.69) is 37.6 Å². The Kier molecular flexibility index (Phi) is 4.86. The van der Waals surface area contributed by atoms with Crippen LogP contribution in [0.15, 0.2) is 34.1 Å². The van der Waals surface area contributed by atoms with E-state index in [1.165, 1.54) is 4.88 Å². The zero-order chi connectivity index (χ0) is 14.8. The van der Waals surface area contributed by atoms with Crippen molar-refractivity contribution in [2.24, 2.45) is 0 Å². The fraction of sp³-hybridized carbons (Fsp3) is 0.333. The number of phenolic OH excluding ortho intramolecular Hbond substituents is 1. The van der Waals surface area contributed by atoms with Crippen LogP contribution in [0.5, 0.6) is 5.75 Å². The molecule has 0 bridgehead atoms. The van der Waals surface area contributed by atoms with Gasteiger partial charge >= 0.3 is 0 Å². The summed E-state index contributed by atoms with van der Waals surface area (Å²) < 4.78 is 0.890. The summed E-state index contributed by atoms with van der Waals surface area (Å²) in [6.07, 6.45) is 0. The number of halogens is 2. The van der Waals surface area contributed by atoms with E-state index in [1.54, 1.807) is 17.4 Å². The number of phenols is 1. The van der Waals surface area contributed by atoms with Crippen LogP contribution in [-0.2, 0) is 0 Å². The van der Waals surface area contributed by atoms with Crippen molar-refractivity contribution in [1.29, 1.82) is 0 Å². The molecular weight excluding hydrogens is 372 g/mol. The number of nitrogens with zero attached hydrogens (tertiary/aromatic N) is 1. The van der Waals surface area contributed by atoms with Gasteiger partial charge in [0.05, 0.1) is 11.1 Å². The third kappa shape index (κ3) is 3.12. The van der Waals surface area contributed by atoms with E-state index < -0.39 is 0 Å². The molecule has 21 heavy (non-hydrogen) atoms. The Morgan fingerprint density at radius 2 is 2.05 bits per heavy atom. The molecule has 1 aromatic heterocycles. The maximum absolute atomic E-state index is 10.5. The van der Waals surface area contributed by atoms with Gasteiger partial charge in [0.15, 0.2) is 0 Å². The van der Waals surface area contributed by atoms with E-state index in [1.807, 2.05) is 12.1 Å². The molecule has 0 unspecified atom stereocenters. The van der Waals surface area contributed by atoms with Gasteiger partial charge in [-0.15, -0.1) is 11.3 Å². The van der Waals surface area contributed by atoms with Crippen molar-refractivity contribution in [3.05, 3.63) is 49.6 Å². The van der Waals surface area contributed by atoms with Crippen LogP contribution in [0.4, 0.5) is 0 Å². The third-order valence-electron chi connectivity index (χ3n) is 3.72. The molecule has 1 saturated heterocycles. The summed E-state index contributed by atoms with van der Waals surface area (Å²) in [5.41, 5.74) is 0.854. The Labute approximate surface area is 141 Å². The van der Waals surface area contributed by atoms with Crippen LogP contribution in [0.2, 0.25) is 5.02 Å². The fourth-order valence-corrected chi connectivity index (χ4v) is 4.28. The van der Waals surface area contributed by atoms with Crippen molar-refractivity contribution in [2.75, 3.05) is 26.2 Å². The summed E-state index contributed by atoms with van der Waals surface area (Å²) in [5.74, 6) is 0.169. The maximum Gasteiger partial charge on any atom is 0.140 e. The second kappa shape index (κ2) is 6.67. The van der Waals surface area contributed by atoms with E-state index in [-0.39, 0.29) is 11.8 Å². The van der Waals surface area contributed by atoms with Gasteiger partial charge in [0.25, 0.3) is 0 Å². The molecule has 1 aliphatic heterocycles. The molecule has 1 fully saturated rings. The molecule has 0 radical (unpaired) electrons. The summed E-state index contributed by atoms with van der Waals surface area (Å²) in [6, 6.07) is 7.81. The molecule has 112 valence electrons. The van der Waals surface area contributed by atoms with Crippen LogP contribution >= 0.6 is 38.9 Å². The number of rotatable bonds is 3. The zero-order valence-electron chi connectivity index (χ0n) is 11.4. The molecule has 2 heterocycles. The molecule has 1 aliphatic rings. The van der Waals surface area contributed by atoms with Gasteiger partial charge in [-0.3, -0.25) is 4.90 Å². The Morgan fingerprint density at radius 1 is 1.29 bits per heavy atom. The van der Waals surface area contributed by atoms with Gasteiger partial charge in [0.2, 0.25) is 0 Å². The van der Waals surface area contributed by atoms with Gasteiger partial charge in [-0.25, -0.2) is 0 Å². The Balaban J connectivity index is 2.09. The van der Waals surface area contributed by atoms with Crippen molar-refractivity contribution in [2.45, 2.75) is 6.04 Å². The highest BCUT2D eigenvalue weighted by molar-refractivity contribution is 9.10. The minimum absolute atomic E-state index is 0.0279. The van der Waals surface area contributed by atoms with E-state index >= 15 is 0 Å². The third-order valence-corrected chi connectivity index (χ3v) is 5.64. The standard InChI is InChI=1S/C15H16BrClN2OS/c16-10-3-4-11(17)15(20)13(10)14(12-2-1-9-21-12)19-7-5-18-6-8-19/h1-4,9,14,18,20H,5-8H2/t14-/m1/s1. The molecule has 0 saturated carbocycles. The highest BCUT2D eigenvalue weighted by atomic mass is 79.9. The average Bonchev–Trinajstić information content (AvgIpc) is 3.02. The molecule has 0 aliphatic carbocycles. The van der Waals surface area contributed by atoms with E-state index in [4.69, 9.17) is 11.6 Å². The van der Waals surface area contributed by atoms with Crippen LogP contribution in [0, 0.1) is 0 Å². The Morgan fingerprint density at radius 3 is 2.71 bits per heavy atom. The summed E-state index contributed by atoms with van der Waals surface area (Å²) >= 11 is 11.4. The lowest BCUT2D eigenvalue weighted by molar-refractivity contribution is 0.197. The molecule has 2 aromatic rings. The lowest BCUT2D eigenvalue weighted by atomic mass is 10.0. The van der Waals surface area contributed by atoms with Crippen molar-refractivity contribution in [3.8, 4) is 5.75 Å². The highest BCUT2D eigenvalue weighted by Gasteiger charge is 2.29. The van der Waals surface area contributed by atoms with Gasteiger partial charge < -0.3 is 10.4 Å². The largest absolute Gasteiger partial charge is 0.506 e. The predicted octanol–water partition coefficient (Wildman–Crippen LogP) is 3.86. The lowest BCUT2D eigenvalue weighted by Crippen LogP contribution is -2.45. The maximum atomic E-state index is 10.5. The number of hydrogen-bond acceptors (Lipinski definition) is 4. The lowest BCUT2D eigenvalue weighted by Gasteiger charge is -2.35. The first-order valence-corrected chi connectivity index (χ1v) is 8.88. The molecule has 0 spiro atoms. The summed E-state index contributed by atoms with van der Waals surface area (Å²) in [7, 11) is 0. The fourth-order valence-electron chi connectivity index (χ4n) is 2.71. The smallest absolute Gasteiger partial charge is 0.140 e. The monoisotopic (exact) mass is 386 g/mol.